The van der Waals surface area contributed by atoms with Crippen molar-refractivity contribution in [3.63, 3.8) is 0 Å². The topological polar surface area (TPSA) is 73.5 Å². The van der Waals surface area contributed by atoms with Gasteiger partial charge in [-0.25, -0.2) is 9.97 Å². The van der Waals surface area contributed by atoms with E-state index < -0.39 is 0 Å². The standard InChI is InChI=1S/C18H22N6/c1-13-11-19-16(20-13)12-24-9-7-15(8-10-24)18-21-17(22-23-18)14-5-3-2-4-6-14/h2-6,11,15H,7-10,12H2,1H3,(H,19,20)(H,21,22,23). The summed E-state index contributed by atoms with van der Waals surface area (Å²) < 4.78 is 0. The van der Waals surface area contributed by atoms with Crippen LogP contribution in [0.15, 0.2) is 36.5 Å². The number of benzene rings is 1. The lowest BCUT2D eigenvalue weighted by Gasteiger charge is -2.30. The molecular formula is C18H22N6. The average molecular weight is 322 g/mol. The third kappa shape index (κ3) is 3.23. The van der Waals surface area contributed by atoms with Crippen LogP contribution in [-0.2, 0) is 6.54 Å². The van der Waals surface area contributed by atoms with Crippen molar-refractivity contribution in [1.82, 2.24) is 30.0 Å². The lowest BCUT2D eigenvalue weighted by atomic mass is 9.96. The molecule has 0 unspecified atom stereocenters. The molecule has 1 aliphatic heterocycles. The van der Waals surface area contributed by atoms with Gasteiger partial charge in [0.25, 0.3) is 0 Å². The lowest BCUT2D eigenvalue weighted by Crippen LogP contribution is -2.33. The second-order valence-corrected chi connectivity index (χ2v) is 6.47. The minimum atomic E-state index is 0.463. The van der Waals surface area contributed by atoms with Crippen molar-refractivity contribution in [3.8, 4) is 11.4 Å². The summed E-state index contributed by atoms with van der Waals surface area (Å²) in [5, 5.41) is 7.53. The summed E-state index contributed by atoms with van der Waals surface area (Å²) in [4.78, 5) is 14.9. The fraction of sp³-hybridized carbons (Fsp3) is 0.389. The molecule has 3 heterocycles. The molecule has 0 aliphatic carbocycles. The zero-order valence-electron chi connectivity index (χ0n) is 13.9. The third-order valence-electron chi connectivity index (χ3n) is 4.64. The molecule has 1 aromatic carbocycles. The van der Waals surface area contributed by atoms with Gasteiger partial charge in [-0.3, -0.25) is 10.00 Å². The molecule has 1 fully saturated rings. The van der Waals surface area contributed by atoms with Crippen molar-refractivity contribution in [1.29, 1.82) is 0 Å². The van der Waals surface area contributed by atoms with Crippen molar-refractivity contribution >= 4 is 0 Å². The van der Waals surface area contributed by atoms with Crippen molar-refractivity contribution in [2.24, 2.45) is 0 Å². The number of hydrogen-bond acceptors (Lipinski definition) is 4. The van der Waals surface area contributed by atoms with Gasteiger partial charge in [-0.05, 0) is 32.9 Å². The van der Waals surface area contributed by atoms with Crippen LogP contribution in [0.25, 0.3) is 11.4 Å². The Morgan fingerprint density at radius 2 is 1.96 bits per heavy atom. The molecule has 2 aromatic heterocycles. The highest BCUT2D eigenvalue weighted by atomic mass is 15.2. The second-order valence-electron chi connectivity index (χ2n) is 6.47. The summed E-state index contributed by atoms with van der Waals surface area (Å²) in [6.07, 6.45) is 4.09. The Morgan fingerprint density at radius 1 is 1.17 bits per heavy atom. The first kappa shape index (κ1) is 15.1. The number of imidazole rings is 1. The lowest BCUT2D eigenvalue weighted by molar-refractivity contribution is 0.198. The van der Waals surface area contributed by atoms with Gasteiger partial charge in [-0.1, -0.05) is 30.3 Å². The molecule has 2 N–H and O–H groups in total. The summed E-state index contributed by atoms with van der Waals surface area (Å²) in [5.41, 5.74) is 2.18. The first-order valence-corrected chi connectivity index (χ1v) is 8.48. The normalized spacial score (nSPS) is 16.5. The minimum absolute atomic E-state index is 0.463. The van der Waals surface area contributed by atoms with Crippen LogP contribution in [0, 0.1) is 6.92 Å². The van der Waals surface area contributed by atoms with Crippen molar-refractivity contribution in [3.05, 3.63) is 53.9 Å². The Morgan fingerprint density at radius 3 is 2.67 bits per heavy atom. The van der Waals surface area contributed by atoms with Crippen LogP contribution >= 0.6 is 0 Å². The molecule has 6 heteroatoms. The molecule has 0 saturated carbocycles. The first-order chi connectivity index (χ1) is 11.8. The van der Waals surface area contributed by atoms with Crippen LogP contribution < -0.4 is 0 Å². The molecule has 4 rings (SSSR count). The number of H-pyrrole nitrogens is 2. The van der Waals surface area contributed by atoms with E-state index in [-0.39, 0.29) is 0 Å². The summed E-state index contributed by atoms with van der Waals surface area (Å²) >= 11 is 0. The molecular weight excluding hydrogens is 300 g/mol. The molecule has 6 nitrogen and oxygen atoms in total. The van der Waals surface area contributed by atoms with E-state index in [1.807, 2.05) is 43.5 Å². The number of aryl methyl sites for hydroxylation is 1. The van der Waals surface area contributed by atoms with E-state index in [0.717, 1.165) is 61.2 Å². The minimum Gasteiger partial charge on any atom is -0.345 e. The maximum Gasteiger partial charge on any atom is 0.181 e. The van der Waals surface area contributed by atoms with Gasteiger partial charge < -0.3 is 4.98 Å². The number of aromatic nitrogens is 5. The Hall–Kier alpha value is -2.47. The van der Waals surface area contributed by atoms with Crippen LogP contribution in [0.4, 0.5) is 0 Å². The highest BCUT2D eigenvalue weighted by Gasteiger charge is 2.24. The van der Waals surface area contributed by atoms with Gasteiger partial charge in [0.15, 0.2) is 5.82 Å². The van der Waals surface area contributed by atoms with Gasteiger partial charge in [-0.2, -0.15) is 5.10 Å². The monoisotopic (exact) mass is 322 g/mol. The van der Waals surface area contributed by atoms with Crippen LogP contribution in [-0.4, -0.2) is 43.1 Å². The zero-order valence-corrected chi connectivity index (χ0v) is 13.9. The van der Waals surface area contributed by atoms with E-state index in [2.05, 4.69) is 25.1 Å². The molecule has 0 bridgehead atoms. The van der Waals surface area contributed by atoms with E-state index in [1.54, 1.807) is 0 Å². The first-order valence-electron chi connectivity index (χ1n) is 8.48. The van der Waals surface area contributed by atoms with E-state index in [9.17, 15) is 0 Å². The number of hydrogen-bond donors (Lipinski definition) is 2. The Balaban J connectivity index is 1.37. The number of nitrogens with one attached hydrogen (secondary N) is 2. The van der Waals surface area contributed by atoms with Gasteiger partial charge in [0.05, 0.1) is 6.54 Å². The molecule has 0 atom stereocenters. The maximum atomic E-state index is 4.71. The van der Waals surface area contributed by atoms with Crippen LogP contribution in [0.1, 0.15) is 36.1 Å². The Labute approximate surface area is 141 Å². The van der Waals surface area contributed by atoms with E-state index >= 15 is 0 Å². The fourth-order valence-electron chi connectivity index (χ4n) is 3.30. The SMILES string of the molecule is Cc1cnc(CN2CCC(c3nc(-c4ccccc4)n[nH]3)CC2)[nH]1. The molecule has 0 amide bonds. The quantitative estimate of drug-likeness (QED) is 0.774. The largest absolute Gasteiger partial charge is 0.345 e. The van der Waals surface area contributed by atoms with E-state index in [0.29, 0.717) is 5.92 Å². The molecule has 0 spiro atoms. The van der Waals surface area contributed by atoms with E-state index in [1.165, 1.54) is 0 Å². The van der Waals surface area contributed by atoms with Crippen molar-refractivity contribution < 1.29 is 0 Å². The van der Waals surface area contributed by atoms with E-state index in [4.69, 9.17) is 4.98 Å². The van der Waals surface area contributed by atoms with Crippen LogP contribution in [0.5, 0.6) is 0 Å². The summed E-state index contributed by atoms with van der Waals surface area (Å²) in [6.45, 7) is 5.06. The predicted octanol–water partition coefficient (Wildman–Crippen LogP) is 2.88. The summed E-state index contributed by atoms with van der Waals surface area (Å²) in [6, 6.07) is 10.1. The Bertz CT molecular complexity index is 783. The number of piperidine rings is 1. The summed E-state index contributed by atoms with van der Waals surface area (Å²) in [5.74, 6) is 3.32. The Kier molecular flexibility index (Phi) is 4.13. The van der Waals surface area contributed by atoms with Gasteiger partial charge >= 0.3 is 0 Å². The number of likely N-dealkylation sites (tertiary alicyclic amines) is 1. The molecule has 0 radical (unpaired) electrons. The summed E-state index contributed by atoms with van der Waals surface area (Å²) in [7, 11) is 0. The number of nitrogens with zero attached hydrogens (tertiary/aromatic N) is 4. The van der Waals surface area contributed by atoms with Crippen molar-refractivity contribution in [2.75, 3.05) is 13.1 Å². The predicted molar refractivity (Wildman–Crippen MR) is 92.4 cm³/mol. The third-order valence-corrected chi connectivity index (χ3v) is 4.64. The number of rotatable bonds is 4. The fourth-order valence-corrected chi connectivity index (χ4v) is 3.30. The van der Waals surface area contributed by atoms with Gasteiger partial charge in [0.1, 0.15) is 11.6 Å². The second kappa shape index (κ2) is 6.57. The van der Waals surface area contributed by atoms with Crippen LogP contribution in [0.2, 0.25) is 0 Å². The van der Waals surface area contributed by atoms with Crippen LogP contribution in [0.3, 0.4) is 0 Å². The average Bonchev–Trinajstić information content (AvgIpc) is 3.26. The van der Waals surface area contributed by atoms with Gasteiger partial charge in [-0.15, -0.1) is 0 Å². The highest BCUT2D eigenvalue weighted by Crippen LogP contribution is 2.27. The molecule has 124 valence electrons. The molecule has 3 aromatic rings. The van der Waals surface area contributed by atoms with Gasteiger partial charge in [0.2, 0.25) is 0 Å². The molecule has 1 saturated heterocycles. The highest BCUT2D eigenvalue weighted by molar-refractivity contribution is 5.53. The van der Waals surface area contributed by atoms with Crippen molar-refractivity contribution in [2.45, 2.75) is 32.2 Å². The number of aromatic amines is 2. The maximum absolute atomic E-state index is 4.71. The molecule has 24 heavy (non-hydrogen) atoms. The van der Waals surface area contributed by atoms with Gasteiger partial charge in [0, 0.05) is 23.4 Å². The zero-order chi connectivity index (χ0) is 16.4. The molecule has 1 aliphatic rings. The smallest absolute Gasteiger partial charge is 0.181 e.